The van der Waals surface area contributed by atoms with Gasteiger partial charge in [0.05, 0.1) is 6.61 Å². The molecule has 0 atom stereocenters. The molecule has 1 amide bonds. The van der Waals surface area contributed by atoms with Gasteiger partial charge in [0, 0.05) is 18.0 Å². The van der Waals surface area contributed by atoms with Crippen LogP contribution in [0.25, 0.3) is 0 Å². The van der Waals surface area contributed by atoms with Gasteiger partial charge < -0.3 is 10.1 Å². The minimum atomic E-state index is 0.108. The van der Waals surface area contributed by atoms with Crippen molar-refractivity contribution in [1.29, 1.82) is 0 Å². The van der Waals surface area contributed by atoms with Crippen LogP contribution in [0.2, 0.25) is 5.02 Å². The number of rotatable bonds is 8. The van der Waals surface area contributed by atoms with Crippen molar-refractivity contribution < 1.29 is 9.53 Å². The quantitative estimate of drug-likeness (QED) is 0.565. The van der Waals surface area contributed by atoms with Crippen molar-refractivity contribution in [3.63, 3.8) is 0 Å². The Hall–Kier alpha value is -1.48. The van der Waals surface area contributed by atoms with Gasteiger partial charge in [0.1, 0.15) is 5.75 Å². The van der Waals surface area contributed by atoms with Crippen LogP contribution in [0.4, 0.5) is 0 Å². The summed E-state index contributed by atoms with van der Waals surface area (Å²) in [7, 11) is 0. The Morgan fingerprint density at radius 1 is 1.23 bits per heavy atom. The fourth-order valence-corrected chi connectivity index (χ4v) is 2.66. The highest BCUT2D eigenvalue weighted by Gasteiger charge is 2.05. The maximum absolute atomic E-state index is 11.7. The molecule has 1 aliphatic rings. The van der Waals surface area contributed by atoms with Gasteiger partial charge in [-0.3, -0.25) is 4.79 Å². The van der Waals surface area contributed by atoms with Crippen LogP contribution in [0.5, 0.6) is 5.75 Å². The number of benzene rings is 1. The molecule has 0 fully saturated rings. The monoisotopic (exact) mass is 321 g/mol. The third-order valence-corrected chi connectivity index (χ3v) is 4.04. The zero-order chi connectivity index (χ0) is 15.6. The lowest BCUT2D eigenvalue weighted by Crippen LogP contribution is -2.25. The number of halogens is 1. The smallest absolute Gasteiger partial charge is 0.220 e. The summed E-state index contributed by atoms with van der Waals surface area (Å²) < 4.78 is 5.56. The summed E-state index contributed by atoms with van der Waals surface area (Å²) in [6, 6.07) is 7.26. The molecule has 120 valence electrons. The lowest BCUT2D eigenvalue weighted by molar-refractivity contribution is -0.121. The summed E-state index contributed by atoms with van der Waals surface area (Å²) in [5.74, 6) is 0.894. The second kappa shape index (κ2) is 9.52. The molecule has 1 N–H and O–H groups in total. The summed E-state index contributed by atoms with van der Waals surface area (Å²) in [5, 5.41) is 3.68. The molecule has 0 spiro atoms. The van der Waals surface area contributed by atoms with Crippen LogP contribution >= 0.6 is 11.6 Å². The fourth-order valence-electron chi connectivity index (χ4n) is 2.54. The largest absolute Gasteiger partial charge is 0.494 e. The van der Waals surface area contributed by atoms with E-state index in [2.05, 4.69) is 11.4 Å². The highest BCUT2D eigenvalue weighted by Crippen LogP contribution is 2.19. The van der Waals surface area contributed by atoms with E-state index in [0.29, 0.717) is 18.1 Å². The summed E-state index contributed by atoms with van der Waals surface area (Å²) >= 11 is 5.81. The molecule has 0 saturated heterocycles. The molecule has 4 heteroatoms. The standard InChI is InChI=1S/C18H24ClNO2/c19-16-8-10-17(11-9-16)22-14-4-7-18(21)20-13-12-15-5-2-1-3-6-15/h5,8-11H,1-4,6-7,12-14H2,(H,20,21). The van der Waals surface area contributed by atoms with E-state index < -0.39 is 0 Å². The first kappa shape index (κ1) is 16.9. The Morgan fingerprint density at radius 2 is 2.05 bits per heavy atom. The van der Waals surface area contributed by atoms with Crippen LogP contribution in [0.15, 0.2) is 35.9 Å². The second-order valence-electron chi connectivity index (χ2n) is 5.61. The van der Waals surface area contributed by atoms with Gasteiger partial charge in [0.2, 0.25) is 5.91 Å². The predicted octanol–water partition coefficient (Wildman–Crippen LogP) is 4.51. The van der Waals surface area contributed by atoms with E-state index in [1.165, 1.54) is 31.3 Å². The van der Waals surface area contributed by atoms with Crippen molar-refractivity contribution in [3.05, 3.63) is 40.9 Å². The first-order valence-electron chi connectivity index (χ1n) is 8.07. The van der Waals surface area contributed by atoms with E-state index in [1.807, 2.05) is 12.1 Å². The summed E-state index contributed by atoms with van der Waals surface area (Å²) in [6.45, 7) is 1.29. The van der Waals surface area contributed by atoms with Crippen LogP contribution in [0.1, 0.15) is 44.9 Å². The van der Waals surface area contributed by atoms with Crippen molar-refractivity contribution in [2.45, 2.75) is 44.9 Å². The molecular formula is C18H24ClNO2. The molecule has 0 unspecified atom stereocenters. The van der Waals surface area contributed by atoms with Crippen molar-refractivity contribution in [1.82, 2.24) is 5.32 Å². The van der Waals surface area contributed by atoms with Gasteiger partial charge >= 0.3 is 0 Å². The number of nitrogens with one attached hydrogen (secondary N) is 1. The number of amides is 1. The lowest BCUT2D eigenvalue weighted by Gasteiger charge is -2.13. The van der Waals surface area contributed by atoms with Crippen LogP contribution in [-0.2, 0) is 4.79 Å². The number of ether oxygens (including phenoxy) is 1. The molecule has 0 aromatic heterocycles. The number of allylic oxidation sites excluding steroid dienone is 1. The molecule has 0 heterocycles. The third-order valence-electron chi connectivity index (χ3n) is 3.78. The van der Waals surface area contributed by atoms with E-state index in [0.717, 1.165) is 25.1 Å². The maximum atomic E-state index is 11.7. The Morgan fingerprint density at radius 3 is 2.77 bits per heavy atom. The zero-order valence-electron chi connectivity index (χ0n) is 12.9. The molecule has 3 nitrogen and oxygen atoms in total. The van der Waals surface area contributed by atoms with Crippen molar-refractivity contribution in [3.8, 4) is 5.75 Å². The zero-order valence-corrected chi connectivity index (χ0v) is 13.7. The topological polar surface area (TPSA) is 38.3 Å². The van der Waals surface area contributed by atoms with Gasteiger partial charge in [-0.05, 0) is 62.8 Å². The molecule has 0 aliphatic heterocycles. The average molecular weight is 322 g/mol. The number of carbonyl (C=O) groups excluding carboxylic acids is 1. The first-order valence-corrected chi connectivity index (χ1v) is 8.45. The maximum Gasteiger partial charge on any atom is 0.220 e. The van der Waals surface area contributed by atoms with Crippen LogP contribution in [-0.4, -0.2) is 19.1 Å². The number of hydrogen-bond donors (Lipinski definition) is 1. The summed E-state index contributed by atoms with van der Waals surface area (Å²) in [6.07, 6.45) is 9.55. The molecule has 0 radical (unpaired) electrons. The number of hydrogen-bond acceptors (Lipinski definition) is 2. The van der Waals surface area contributed by atoms with Gasteiger partial charge in [0.25, 0.3) is 0 Å². The van der Waals surface area contributed by atoms with E-state index in [4.69, 9.17) is 16.3 Å². The molecule has 1 aromatic rings. The van der Waals surface area contributed by atoms with Gasteiger partial charge in [-0.25, -0.2) is 0 Å². The van der Waals surface area contributed by atoms with E-state index in [-0.39, 0.29) is 5.91 Å². The lowest BCUT2D eigenvalue weighted by atomic mass is 9.97. The second-order valence-corrected chi connectivity index (χ2v) is 6.05. The Bertz CT molecular complexity index is 496. The van der Waals surface area contributed by atoms with E-state index in [9.17, 15) is 4.79 Å². The normalized spacial score (nSPS) is 14.3. The van der Waals surface area contributed by atoms with E-state index >= 15 is 0 Å². The molecule has 0 bridgehead atoms. The molecule has 2 rings (SSSR count). The minimum absolute atomic E-state index is 0.108. The highest BCUT2D eigenvalue weighted by atomic mass is 35.5. The molecule has 22 heavy (non-hydrogen) atoms. The van der Waals surface area contributed by atoms with Gasteiger partial charge in [-0.1, -0.05) is 23.3 Å². The summed E-state index contributed by atoms with van der Waals surface area (Å²) in [4.78, 5) is 11.7. The number of carbonyl (C=O) groups is 1. The van der Waals surface area contributed by atoms with Gasteiger partial charge in [-0.2, -0.15) is 0 Å². The first-order chi connectivity index (χ1) is 10.7. The minimum Gasteiger partial charge on any atom is -0.494 e. The Balaban J connectivity index is 1.52. The van der Waals surface area contributed by atoms with Crippen molar-refractivity contribution in [2.24, 2.45) is 0 Å². The molecule has 1 aromatic carbocycles. The molecule has 1 aliphatic carbocycles. The fraction of sp³-hybridized carbons (Fsp3) is 0.500. The summed E-state index contributed by atoms with van der Waals surface area (Å²) in [5.41, 5.74) is 1.50. The van der Waals surface area contributed by atoms with Gasteiger partial charge in [0.15, 0.2) is 0 Å². The Labute approximate surface area is 137 Å². The highest BCUT2D eigenvalue weighted by molar-refractivity contribution is 6.30. The average Bonchev–Trinajstić information content (AvgIpc) is 2.54. The SMILES string of the molecule is O=C(CCCOc1ccc(Cl)cc1)NCCC1=CCCCC1. The third kappa shape index (κ3) is 6.52. The molecular weight excluding hydrogens is 298 g/mol. The van der Waals surface area contributed by atoms with Crippen LogP contribution < -0.4 is 10.1 Å². The van der Waals surface area contributed by atoms with Crippen LogP contribution in [0, 0.1) is 0 Å². The van der Waals surface area contributed by atoms with Crippen molar-refractivity contribution in [2.75, 3.05) is 13.2 Å². The van der Waals surface area contributed by atoms with Gasteiger partial charge in [-0.15, -0.1) is 0 Å². The predicted molar refractivity (Wildman–Crippen MR) is 90.4 cm³/mol. The molecule has 0 saturated carbocycles. The Kier molecular flexibility index (Phi) is 7.31. The van der Waals surface area contributed by atoms with E-state index in [1.54, 1.807) is 12.1 Å². The van der Waals surface area contributed by atoms with Crippen LogP contribution in [0.3, 0.4) is 0 Å². The van der Waals surface area contributed by atoms with Crippen molar-refractivity contribution >= 4 is 17.5 Å².